The minimum atomic E-state index is 0. The van der Waals surface area contributed by atoms with Crippen LogP contribution in [0, 0.1) is 18.2 Å². The molecular weight excluding hydrogens is 1160 g/mol. The van der Waals surface area contributed by atoms with E-state index in [2.05, 4.69) is 284 Å². The van der Waals surface area contributed by atoms with Crippen LogP contribution in [0.1, 0.15) is 52.7 Å². The van der Waals surface area contributed by atoms with Crippen LogP contribution in [0.4, 0.5) is 0 Å². The smallest absolute Gasteiger partial charge is 0.305 e. The summed E-state index contributed by atoms with van der Waals surface area (Å²) in [5.41, 5.74) is 25.8. The molecule has 3 heterocycles. The minimum absolute atomic E-state index is 0. The third kappa shape index (κ3) is 11.6. The summed E-state index contributed by atoms with van der Waals surface area (Å²) in [4.78, 5) is 14.3. The molecule has 12 rings (SSSR count). The summed E-state index contributed by atoms with van der Waals surface area (Å²) >= 11 is 0. The van der Waals surface area contributed by atoms with Crippen LogP contribution in [0.3, 0.4) is 0 Å². The van der Waals surface area contributed by atoms with Crippen LogP contribution in [0.5, 0.6) is 0 Å². The molecule has 0 atom stereocenters. The number of aromatic nitrogens is 3. The molecule has 12 aromatic rings. The standard InChI is InChI=1S/C77H60N3.Ir/c1-76(2,3)63-41-44-79-74(50-63)57-35-31-54(32-36-57)65-20-10-12-22-67(65)60-46-61(68-23-13-11-21-66(68)55-33-37-58(38-34-55)75-51-64(42-45-80-75)77(4,5)6)48-62(47-60)69-24-14-15-25-70(69)71-40-39-59(73-26-16-17-43-78-73)49-72(71)56-29-27-53(28-30-56)52-18-8-7-9-19-52;/h7-35,37,40-51H,1-6H3;/q-3;+3. The van der Waals surface area contributed by atoms with Crippen molar-refractivity contribution >= 4 is 0 Å². The van der Waals surface area contributed by atoms with Gasteiger partial charge in [0, 0.05) is 18.6 Å². The van der Waals surface area contributed by atoms with Crippen molar-refractivity contribution in [1.82, 2.24) is 15.0 Å². The number of rotatable bonds is 11. The second-order valence-corrected chi connectivity index (χ2v) is 22.6. The predicted octanol–water partition coefficient (Wildman–Crippen LogP) is 20.2. The van der Waals surface area contributed by atoms with E-state index in [4.69, 9.17) is 15.0 Å². The van der Waals surface area contributed by atoms with Gasteiger partial charge >= 0.3 is 20.1 Å². The maximum Gasteiger partial charge on any atom is 3.00 e. The molecule has 0 spiro atoms. The van der Waals surface area contributed by atoms with Gasteiger partial charge in [-0.2, -0.15) is 0 Å². The van der Waals surface area contributed by atoms with Crippen molar-refractivity contribution in [2.75, 3.05) is 0 Å². The van der Waals surface area contributed by atoms with E-state index < -0.39 is 0 Å². The molecular formula is C77H60IrN3. The number of hydrogen-bond donors (Lipinski definition) is 0. The van der Waals surface area contributed by atoms with E-state index in [9.17, 15) is 0 Å². The van der Waals surface area contributed by atoms with Crippen molar-refractivity contribution in [3.63, 3.8) is 0 Å². The fourth-order valence-corrected chi connectivity index (χ4v) is 10.7. The van der Waals surface area contributed by atoms with Gasteiger partial charge in [0.15, 0.2) is 0 Å². The van der Waals surface area contributed by atoms with Crippen LogP contribution in [0.15, 0.2) is 255 Å². The molecule has 3 nitrogen and oxygen atoms in total. The molecule has 0 unspecified atom stereocenters. The Balaban J connectivity index is 0.00000690. The number of pyridine rings is 3. The number of hydrogen-bond acceptors (Lipinski definition) is 3. The SMILES string of the molecule is CC(C)(C)c1ccnc(-c2[c-]cc(-c3ccccc3-c3cc(-c4ccccc4-c4c[c-]c(-c5cc(C(C)(C)C)ccn5)cc4)cc(-c4ccccc4-c4c[c-]c(-c5ccccn5)cc4-c4ccc(-c5ccccc5)cc4)c3)cc2)c1.[Ir+3]. The second-order valence-electron chi connectivity index (χ2n) is 22.6. The van der Waals surface area contributed by atoms with E-state index in [-0.39, 0.29) is 30.9 Å². The van der Waals surface area contributed by atoms with Gasteiger partial charge in [0.05, 0.1) is 0 Å². The first-order valence-corrected chi connectivity index (χ1v) is 27.5. The molecule has 0 N–H and O–H groups in total. The quantitative estimate of drug-likeness (QED) is 0.121. The van der Waals surface area contributed by atoms with Crippen LogP contribution >= 0.6 is 0 Å². The molecule has 3 aromatic heterocycles. The molecule has 392 valence electrons. The minimum Gasteiger partial charge on any atom is -0.305 e. The van der Waals surface area contributed by atoms with Crippen molar-refractivity contribution in [3.8, 4) is 123 Å². The second kappa shape index (κ2) is 23.0. The van der Waals surface area contributed by atoms with Crippen molar-refractivity contribution in [1.29, 1.82) is 0 Å². The molecule has 0 saturated heterocycles. The molecule has 0 aliphatic rings. The molecule has 0 bridgehead atoms. The Hall–Kier alpha value is -8.92. The zero-order valence-electron chi connectivity index (χ0n) is 46.4. The molecule has 0 aliphatic heterocycles. The average Bonchev–Trinajstić information content (AvgIpc) is 3.51. The first-order valence-electron chi connectivity index (χ1n) is 27.5. The Kier molecular flexibility index (Phi) is 15.4. The first-order chi connectivity index (χ1) is 38.9. The predicted molar refractivity (Wildman–Crippen MR) is 334 cm³/mol. The molecule has 0 fully saturated rings. The third-order valence-corrected chi connectivity index (χ3v) is 15.2. The van der Waals surface area contributed by atoms with E-state index in [1.807, 2.05) is 30.7 Å². The van der Waals surface area contributed by atoms with Crippen molar-refractivity contribution in [2.24, 2.45) is 0 Å². The summed E-state index contributed by atoms with van der Waals surface area (Å²) in [5, 5.41) is 0. The van der Waals surface area contributed by atoms with Gasteiger partial charge in [0.1, 0.15) is 0 Å². The van der Waals surface area contributed by atoms with Crippen LogP contribution in [0.25, 0.3) is 123 Å². The molecule has 0 aliphatic carbocycles. The van der Waals surface area contributed by atoms with Crippen molar-refractivity contribution < 1.29 is 20.1 Å². The monoisotopic (exact) mass is 1220 g/mol. The van der Waals surface area contributed by atoms with Gasteiger partial charge in [-0.1, -0.05) is 232 Å². The maximum absolute atomic E-state index is 4.77. The number of nitrogens with zero attached hydrogens (tertiary/aromatic N) is 3. The molecule has 81 heavy (non-hydrogen) atoms. The van der Waals surface area contributed by atoms with E-state index in [0.29, 0.717) is 0 Å². The van der Waals surface area contributed by atoms with Gasteiger partial charge in [-0.15, -0.1) is 83.4 Å². The summed E-state index contributed by atoms with van der Waals surface area (Å²) in [6.07, 6.45) is 5.66. The van der Waals surface area contributed by atoms with Crippen LogP contribution in [-0.4, -0.2) is 15.0 Å². The Morgan fingerprint density at radius 3 is 1.11 bits per heavy atom. The Labute approximate surface area is 491 Å². The molecule has 9 aromatic carbocycles. The Bertz CT molecular complexity index is 3990. The van der Waals surface area contributed by atoms with Crippen LogP contribution < -0.4 is 0 Å². The topological polar surface area (TPSA) is 38.7 Å². The average molecular weight is 1220 g/mol. The zero-order chi connectivity index (χ0) is 54.8. The van der Waals surface area contributed by atoms with E-state index in [1.54, 1.807) is 0 Å². The zero-order valence-corrected chi connectivity index (χ0v) is 48.8. The van der Waals surface area contributed by atoms with Gasteiger partial charge in [0.2, 0.25) is 0 Å². The van der Waals surface area contributed by atoms with Gasteiger partial charge in [-0.05, 0) is 126 Å². The number of benzene rings is 9. The van der Waals surface area contributed by atoms with Gasteiger partial charge in [0.25, 0.3) is 0 Å². The van der Waals surface area contributed by atoms with Gasteiger partial charge < -0.3 is 15.0 Å². The Morgan fingerprint density at radius 2 is 0.654 bits per heavy atom. The van der Waals surface area contributed by atoms with E-state index >= 15 is 0 Å². The van der Waals surface area contributed by atoms with Gasteiger partial charge in [-0.25, -0.2) is 0 Å². The molecule has 0 radical (unpaired) electrons. The first kappa shape index (κ1) is 54.1. The summed E-state index contributed by atoms with van der Waals surface area (Å²) in [5.74, 6) is 0. The Morgan fingerprint density at radius 1 is 0.259 bits per heavy atom. The molecule has 4 heteroatoms. The molecule has 0 amide bonds. The fraction of sp³-hybridized carbons (Fsp3) is 0.104. The van der Waals surface area contributed by atoms with Crippen molar-refractivity contribution in [3.05, 3.63) is 285 Å². The fourth-order valence-electron chi connectivity index (χ4n) is 10.7. The normalized spacial score (nSPS) is 11.5. The largest absolute Gasteiger partial charge is 3.00 e. The summed E-state index contributed by atoms with van der Waals surface area (Å²) in [6, 6.07) is 95.8. The summed E-state index contributed by atoms with van der Waals surface area (Å²) in [7, 11) is 0. The van der Waals surface area contributed by atoms with Gasteiger partial charge in [-0.3, -0.25) is 0 Å². The molecule has 0 saturated carbocycles. The maximum atomic E-state index is 4.77. The summed E-state index contributed by atoms with van der Waals surface area (Å²) in [6.45, 7) is 13.4. The van der Waals surface area contributed by atoms with E-state index in [1.165, 1.54) is 22.3 Å². The summed E-state index contributed by atoms with van der Waals surface area (Å²) < 4.78 is 0. The van der Waals surface area contributed by atoms with Crippen LogP contribution in [0.2, 0.25) is 0 Å². The van der Waals surface area contributed by atoms with Crippen LogP contribution in [-0.2, 0) is 30.9 Å². The van der Waals surface area contributed by atoms with Crippen molar-refractivity contribution in [2.45, 2.75) is 52.4 Å². The van der Waals surface area contributed by atoms with E-state index in [0.717, 1.165) is 112 Å². The third-order valence-electron chi connectivity index (χ3n) is 15.2.